The molecule has 4 fully saturated rings. The van der Waals surface area contributed by atoms with Crippen LogP contribution in [0.25, 0.3) is 22.3 Å². The highest BCUT2D eigenvalue weighted by Crippen LogP contribution is 2.57. The monoisotopic (exact) mass is 766 g/mol. The molecule has 14 nitrogen and oxygen atoms in total. The number of rotatable bonds is 14. The van der Waals surface area contributed by atoms with Gasteiger partial charge < -0.3 is 48.1 Å². The lowest BCUT2D eigenvalue weighted by atomic mass is 9.94. The average molecular weight is 767 g/mol. The van der Waals surface area contributed by atoms with Crippen molar-refractivity contribution in [1.29, 1.82) is 0 Å². The van der Waals surface area contributed by atoms with Crippen LogP contribution in [-0.2, 0) is 38.1 Å². The summed E-state index contributed by atoms with van der Waals surface area (Å²) in [4.78, 5) is 54.5. The van der Waals surface area contributed by atoms with Gasteiger partial charge in [-0.25, -0.2) is 19.2 Å². The zero-order valence-corrected chi connectivity index (χ0v) is 30.6. The number of epoxide rings is 4. The van der Waals surface area contributed by atoms with E-state index in [2.05, 4.69) is 0 Å². The van der Waals surface area contributed by atoms with Crippen molar-refractivity contribution < 1.29 is 67.3 Å². The number of phenolic OH excluding ortho intramolecular Hbond substituents is 2. The predicted octanol–water partition coefficient (Wildman–Crippen LogP) is 5.43. The van der Waals surface area contributed by atoms with Crippen LogP contribution in [0.1, 0.15) is 27.7 Å². The standard InChI is InChI=1S/C42H38O14/c1-21-29(49-21)13-17-33(45)53-39-37(25-5-9-27(43)10-6-25)41(55-35(47)19-15-31-23(3)51-31)42(56-36(48)20-16-32-24(4)52-32)38(26-7-11-28(44)12-8-26)40(39)54-34(46)18-14-30-22(2)50-30/h5-24,29-32,43-44H,1-4H3/t21-,22-,23-,24-,29-,30-,31-,32-/m0/s1. The Morgan fingerprint density at radius 2 is 0.661 bits per heavy atom. The number of carbonyl (C=O) groups is 4. The topological polar surface area (TPSA) is 196 Å². The highest BCUT2D eigenvalue weighted by Gasteiger charge is 2.37. The maximum absolute atomic E-state index is 13.6. The SMILES string of the molecule is C[C@@H]1O[C@H]1C=CC(=O)Oc1c(OC(=O)C=C[C@@H]2O[C@H]2C)c(-c2ccc(O)cc2)c(OC(=O)C=C[C@@H]2O[C@H]2C)c(OC(=O)C=C[C@@H]2O[C@H]2C)c1-c1ccc(O)cc1. The molecule has 0 aliphatic carbocycles. The minimum Gasteiger partial charge on any atom is -0.508 e. The molecular formula is C42H38O14. The van der Waals surface area contributed by atoms with E-state index in [-0.39, 0.29) is 82.6 Å². The van der Waals surface area contributed by atoms with E-state index in [0.717, 1.165) is 24.3 Å². The van der Waals surface area contributed by atoms with Gasteiger partial charge in [0, 0.05) is 24.3 Å². The van der Waals surface area contributed by atoms with Crippen LogP contribution < -0.4 is 18.9 Å². The summed E-state index contributed by atoms with van der Waals surface area (Å²) in [6, 6.07) is 11.0. The second kappa shape index (κ2) is 16.0. The summed E-state index contributed by atoms with van der Waals surface area (Å²) >= 11 is 0. The fraction of sp³-hybridized carbons (Fsp3) is 0.286. The van der Waals surface area contributed by atoms with Gasteiger partial charge in [-0.3, -0.25) is 0 Å². The third kappa shape index (κ3) is 9.41. The van der Waals surface area contributed by atoms with Crippen LogP contribution in [0.4, 0.5) is 0 Å². The van der Waals surface area contributed by atoms with E-state index in [0.29, 0.717) is 0 Å². The van der Waals surface area contributed by atoms with Crippen LogP contribution in [0.15, 0.2) is 97.1 Å². The van der Waals surface area contributed by atoms with Crippen LogP contribution in [-0.4, -0.2) is 82.9 Å². The first-order valence-electron chi connectivity index (χ1n) is 17.9. The summed E-state index contributed by atoms with van der Waals surface area (Å²) < 4.78 is 45.6. The number of carbonyl (C=O) groups excluding carboxylic acids is 4. The van der Waals surface area contributed by atoms with Gasteiger partial charge in [0.1, 0.15) is 35.9 Å². The molecule has 4 heterocycles. The number of aromatic hydroxyl groups is 2. The summed E-state index contributed by atoms with van der Waals surface area (Å²) in [5, 5.41) is 20.5. The Hall–Kier alpha value is -6.06. The number of ether oxygens (including phenoxy) is 8. The smallest absolute Gasteiger partial charge is 0.336 e. The summed E-state index contributed by atoms with van der Waals surface area (Å²) in [5.41, 5.74) is 0.0240. The van der Waals surface area contributed by atoms with Gasteiger partial charge in [-0.1, -0.05) is 24.3 Å². The van der Waals surface area contributed by atoms with Gasteiger partial charge in [0.25, 0.3) is 0 Å². The van der Waals surface area contributed by atoms with Crippen molar-refractivity contribution in [3.8, 4) is 56.8 Å². The van der Waals surface area contributed by atoms with E-state index in [1.54, 1.807) is 0 Å². The molecule has 0 unspecified atom stereocenters. The number of benzene rings is 3. The van der Waals surface area contributed by atoms with Crippen molar-refractivity contribution in [3.63, 3.8) is 0 Å². The maximum atomic E-state index is 13.6. The van der Waals surface area contributed by atoms with Crippen LogP contribution in [0.5, 0.6) is 34.5 Å². The molecule has 290 valence electrons. The van der Waals surface area contributed by atoms with Crippen molar-refractivity contribution in [3.05, 3.63) is 97.1 Å². The Morgan fingerprint density at radius 1 is 0.446 bits per heavy atom. The molecule has 8 atom stereocenters. The van der Waals surface area contributed by atoms with Gasteiger partial charge in [0.05, 0.1) is 35.5 Å². The normalized spacial score (nSPS) is 26.1. The summed E-state index contributed by atoms with van der Waals surface area (Å²) in [6.45, 7) is 7.29. The lowest BCUT2D eigenvalue weighted by Crippen LogP contribution is -2.16. The third-order valence-corrected chi connectivity index (χ3v) is 9.16. The molecular weight excluding hydrogens is 728 g/mol. The minimum absolute atomic E-state index is 0.116. The van der Waals surface area contributed by atoms with Crippen LogP contribution in [0.2, 0.25) is 0 Å². The Balaban J connectivity index is 1.48. The molecule has 56 heavy (non-hydrogen) atoms. The molecule has 4 aliphatic rings. The van der Waals surface area contributed by atoms with Crippen molar-refractivity contribution in [1.82, 2.24) is 0 Å². The first-order valence-corrected chi connectivity index (χ1v) is 17.9. The Morgan fingerprint density at radius 3 is 0.857 bits per heavy atom. The molecule has 4 aliphatic heterocycles. The molecule has 7 rings (SSSR count). The highest BCUT2D eigenvalue weighted by molar-refractivity contribution is 6.01. The first-order chi connectivity index (χ1) is 26.8. The van der Waals surface area contributed by atoms with E-state index >= 15 is 0 Å². The second-order valence-electron chi connectivity index (χ2n) is 13.5. The van der Waals surface area contributed by atoms with Gasteiger partial charge in [-0.05, 0) is 87.4 Å². The fourth-order valence-corrected chi connectivity index (χ4v) is 5.68. The zero-order chi connectivity index (χ0) is 39.7. The quantitative estimate of drug-likeness (QED) is 0.0913. The van der Waals surface area contributed by atoms with E-state index in [1.807, 2.05) is 27.7 Å². The Kier molecular flexibility index (Phi) is 10.9. The van der Waals surface area contributed by atoms with Crippen molar-refractivity contribution in [2.24, 2.45) is 0 Å². The fourth-order valence-electron chi connectivity index (χ4n) is 5.68. The van der Waals surface area contributed by atoms with Gasteiger partial charge in [-0.2, -0.15) is 0 Å². The molecule has 0 aromatic heterocycles. The van der Waals surface area contributed by atoms with E-state index < -0.39 is 46.9 Å². The number of phenols is 2. The van der Waals surface area contributed by atoms with E-state index in [9.17, 15) is 29.4 Å². The molecule has 4 saturated heterocycles. The molecule has 0 bridgehead atoms. The maximum Gasteiger partial charge on any atom is 0.336 e. The molecule has 0 amide bonds. The molecule has 0 radical (unpaired) electrons. The van der Waals surface area contributed by atoms with E-state index in [4.69, 9.17) is 37.9 Å². The lowest BCUT2D eigenvalue weighted by molar-refractivity contribution is -0.132. The summed E-state index contributed by atoms with van der Waals surface area (Å²) in [6.07, 6.45) is 8.75. The Labute approximate surface area is 321 Å². The van der Waals surface area contributed by atoms with Crippen molar-refractivity contribution in [2.75, 3.05) is 0 Å². The van der Waals surface area contributed by atoms with Crippen LogP contribution in [0.3, 0.4) is 0 Å². The first kappa shape index (κ1) is 38.2. The molecule has 3 aromatic carbocycles. The zero-order valence-electron chi connectivity index (χ0n) is 30.6. The number of esters is 4. The Bertz CT molecular complexity index is 1890. The molecule has 3 aromatic rings. The van der Waals surface area contributed by atoms with Gasteiger partial charge in [-0.15, -0.1) is 0 Å². The molecule has 2 N–H and O–H groups in total. The van der Waals surface area contributed by atoms with Crippen molar-refractivity contribution in [2.45, 2.75) is 76.5 Å². The minimum atomic E-state index is -0.930. The van der Waals surface area contributed by atoms with Gasteiger partial charge >= 0.3 is 23.9 Å². The third-order valence-electron chi connectivity index (χ3n) is 9.16. The lowest BCUT2D eigenvalue weighted by Gasteiger charge is -2.24. The molecule has 14 heteroatoms. The second-order valence-corrected chi connectivity index (χ2v) is 13.5. The van der Waals surface area contributed by atoms with Crippen LogP contribution >= 0.6 is 0 Å². The molecule has 0 saturated carbocycles. The predicted molar refractivity (Wildman–Crippen MR) is 197 cm³/mol. The largest absolute Gasteiger partial charge is 0.508 e. The molecule has 0 spiro atoms. The summed E-state index contributed by atoms with van der Waals surface area (Å²) in [5.74, 6) is -5.65. The number of hydrogen-bond acceptors (Lipinski definition) is 14. The van der Waals surface area contributed by atoms with Gasteiger partial charge in [0.2, 0.25) is 0 Å². The van der Waals surface area contributed by atoms with Gasteiger partial charge in [0.15, 0.2) is 23.0 Å². The summed E-state index contributed by atoms with van der Waals surface area (Å²) in [7, 11) is 0. The highest BCUT2D eigenvalue weighted by atomic mass is 16.6. The van der Waals surface area contributed by atoms with Crippen LogP contribution in [0, 0.1) is 0 Å². The average Bonchev–Trinajstić information content (AvgIpc) is 4.06. The number of hydrogen-bond donors (Lipinski definition) is 2. The van der Waals surface area contributed by atoms with Crippen molar-refractivity contribution >= 4 is 23.9 Å². The van der Waals surface area contributed by atoms with E-state index in [1.165, 1.54) is 72.8 Å².